The van der Waals surface area contributed by atoms with Crippen LogP contribution < -0.4 is 0 Å². The Labute approximate surface area is 172 Å². The van der Waals surface area contributed by atoms with Crippen LogP contribution in [0.15, 0.2) is 60.0 Å². The molecule has 2 aliphatic rings. The maximum atomic E-state index is 13.2. The summed E-state index contributed by atoms with van der Waals surface area (Å²) >= 11 is 0. The molecule has 1 heterocycles. The lowest BCUT2D eigenvalue weighted by Crippen LogP contribution is -2.52. The predicted octanol–water partition coefficient (Wildman–Crippen LogP) is 3.17. The minimum atomic E-state index is -3.49. The Balaban J connectivity index is 1.40. The third-order valence-electron chi connectivity index (χ3n) is 5.85. The number of nitrogens with zero attached hydrogens (tertiary/aromatic N) is 2. The fourth-order valence-electron chi connectivity index (χ4n) is 3.96. The number of carbonyl (C=O) groups excluding carboxylic acids is 1. The van der Waals surface area contributed by atoms with Gasteiger partial charge in [0.1, 0.15) is 0 Å². The number of carbonyl (C=O) groups is 1. The van der Waals surface area contributed by atoms with E-state index in [4.69, 9.17) is 0 Å². The maximum Gasteiger partial charge on any atom is 0.236 e. The average Bonchev–Trinajstić information content (AvgIpc) is 3.55. The minimum absolute atomic E-state index is 0.139. The van der Waals surface area contributed by atoms with Crippen LogP contribution in [-0.4, -0.2) is 49.7 Å². The molecule has 29 heavy (non-hydrogen) atoms. The number of sulfonamides is 1. The second kappa shape index (κ2) is 7.76. The number of rotatable bonds is 5. The summed E-state index contributed by atoms with van der Waals surface area (Å²) in [4.78, 5) is 15.0. The van der Waals surface area contributed by atoms with Crippen LogP contribution in [-0.2, 0) is 20.2 Å². The molecule has 0 unspecified atom stereocenters. The van der Waals surface area contributed by atoms with E-state index in [2.05, 4.69) is 6.07 Å². The molecule has 5 nitrogen and oxygen atoms in total. The summed E-state index contributed by atoms with van der Waals surface area (Å²) in [6.45, 7) is 3.57. The lowest BCUT2D eigenvalue weighted by atomic mass is 9.93. The van der Waals surface area contributed by atoms with Crippen LogP contribution in [0.4, 0.5) is 0 Å². The molecular formula is C23H26N2O3S. The summed E-state index contributed by atoms with van der Waals surface area (Å²) in [6.07, 6.45) is 3.35. The first-order valence-electron chi connectivity index (χ1n) is 10.0. The van der Waals surface area contributed by atoms with E-state index in [0.29, 0.717) is 26.2 Å². The van der Waals surface area contributed by atoms with Gasteiger partial charge >= 0.3 is 0 Å². The van der Waals surface area contributed by atoms with Gasteiger partial charge in [-0.3, -0.25) is 4.79 Å². The van der Waals surface area contributed by atoms with E-state index >= 15 is 0 Å². The molecule has 0 atom stereocenters. The largest absolute Gasteiger partial charge is 0.339 e. The van der Waals surface area contributed by atoms with Crippen molar-refractivity contribution in [3.05, 3.63) is 76.7 Å². The molecular weight excluding hydrogens is 384 g/mol. The highest BCUT2D eigenvalue weighted by atomic mass is 32.2. The minimum Gasteiger partial charge on any atom is -0.339 e. The number of piperazine rings is 1. The summed E-state index contributed by atoms with van der Waals surface area (Å²) in [7, 11) is -3.49. The molecule has 1 amide bonds. The summed E-state index contributed by atoms with van der Waals surface area (Å²) < 4.78 is 26.7. The molecule has 0 radical (unpaired) electrons. The van der Waals surface area contributed by atoms with Gasteiger partial charge in [-0.2, -0.15) is 4.31 Å². The monoisotopic (exact) mass is 410 g/mol. The van der Waals surface area contributed by atoms with Crippen LogP contribution in [0.1, 0.15) is 29.5 Å². The normalized spacial score (nSPS) is 19.4. The first-order valence-corrected chi connectivity index (χ1v) is 11.5. The maximum absolute atomic E-state index is 13.2. The molecule has 1 saturated heterocycles. The molecule has 1 saturated carbocycles. The molecule has 0 N–H and O–H groups in total. The number of hydrogen-bond donors (Lipinski definition) is 0. The van der Waals surface area contributed by atoms with Crippen molar-refractivity contribution in [2.75, 3.05) is 26.2 Å². The lowest BCUT2D eigenvalue weighted by Gasteiger charge is -2.35. The van der Waals surface area contributed by atoms with Crippen molar-refractivity contribution in [3.8, 4) is 0 Å². The molecule has 4 rings (SSSR count). The van der Waals surface area contributed by atoms with E-state index in [0.717, 1.165) is 29.5 Å². The van der Waals surface area contributed by atoms with Crippen LogP contribution >= 0.6 is 0 Å². The van der Waals surface area contributed by atoms with E-state index in [1.54, 1.807) is 6.08 Å². The Bertz CT molecular complexity index is 1020. The fraction of sp³-hybridized carbons (Fsp3) is 0.348. The molecule has 2 aromatic rings. The van der Waals surface area contributed by atoms with Crippen molar-refractivity contribution in [1.82, 2.24) is 9.21 Å². The third kappa shape index (κ3) is 4.14. The zero-order valence-electron chi connectivity index (χ0n) is 16.6. The summed E-state index contributed by atoms with van der Waals surface area (Å²) in [5, 5.41) is 1.26. The van der Waals surface area contributed by atoms with E-state index in [9.17, 15) is 13.2 Å². The van der Waals surface area contributed by atoms with Gasteiger partial charge in [0.25, 0.3) is 0 Å². The van der Waals surface area contributed by atoms with Crippen molar-refractivity contribution < 1.29 is 13.2 Å². The van der Waals surface area contributed by atoms with Crippen molar-refractivity contribution in [2.45, 2.75) is 25.2 Å². The van der Waals surface area contributed by atoms with Gasteiger partial charge in [-0.15, -0.1) is 0 Å². The Morgan fingerprint density at radius 3 is 2.28 bits per heavy atom. The zero-order chi connectivity index (χ0) is 20.5. The molecule has 1 aliphatic heterocycles. The summed E-state index contributed by atoms with van der Waals surface area (Å²) in [5.41, 5.74) is 2.69. The van der Waals surface area contributed by atoms with Crippen LogP contribution in [0.3, 0.4) is 0 Å². The van der Waals surface area contributed by atoms with E-state index in [1.165, 1.54) is 9.71 Å². The van der Waals surface area contributed by atoms with Crippen molar-refractivity contribution in [2.24, 2.45) is 0 Å². The quantitative estimate of drug-likeness (QED) is 0.761. The Hall–Kier alpha value is -2.44. The Morgan fingerprint density at radius 2 is 1.66 bits per heavy atom. The van der Waals surface area contributed by atoms with Crippen molar-refractivity contribution in [1.29, 1.82) is 0 Å². The topological polar surface area (TPSA) is 57.7 Å². The van der Waals surface area contributed by atoms with Crippen LogP contribution in [0.5, 0.6) is 0 Å². The van der Waals surface area contributed by atoms with Crippen LogP contribution in [0, 0.1) is 6.92 Å². The average molecular weight is 411 g/mol. The number of benzene rings is 2. The highest BCUT2D eigenvalue weighted by Gasteiger charge is 2.53. The molecule has 1 aliphatic carbocycles. The van der Waals surface area contributed by atoms with E-state index in [-0.39, 0.29) is 5.91 Å². The standard InChI is InChI=1S/C23H26N2O3S/c1-19-6-5-9-21(18-19)23(11-12-23)22(26)24-13-15-25(16-14-24)29(27,28)17-10-20-7-3-2-4-8-20/h2-10,17-18H,11-16H2,1H3/b17-10+. The molecule has 0 bridgehead atoms. The van der Waals surface area contributed by atoms with Crippen molar-refractivity contribution >= 4 is 22.0 Å². The molecule has 2 aromatic carbocycles. The summed E-state index contributed by atoms with van der Waals surface area (Å²) in [5.74, 6) is 0.139. The van der Waals surface area contributed by atoms with Crippen molar-refractivity contribution in [3.63, 3.8) is 0 Å². The van der Waals surface area contributed by atoms with Gasteiger partial charge in [-0.25, -0.2) is 8.42 Å². The van der Waals surface area contributed by atoms with E-state index < -0.39 is 15.4 Å². The summed E-state index contributed by atoms with van der Waals surface area (Å²) in [6, 6.07) is 17.5. The van der Waals surface area contributed by atoms with Crippen LogP contribution in [0.2, 0.25) is 0 Å². The molecule has 2 fully saturated rings. The van der Waals surface area contributed by atoms with Gasteiger partial charge in [0.2, 0.25) is 15.9 Å². The number of aryl methyl sites for hydroxylation is 1. The second-order valence-corrected chi connectivity index (χ2v) is 9.72. The fourth-order valence-corrected chi connectivity index (χ4v) is 5.13. The van der Waals surface area contributed by atoms with Gasteiger partial charge in [0, 0.05) is 31.6 Å². The molecule has 0 spiro atoms. The highest BCUT2D eigenvalue weighted by Crippen LogP contribution is 2.49. The van der Waals surface area contributed by atoms with Gasteiger partial charge in [0.05, 0.1) is 5.41 Å². The highest BCUT2D eigenvalue weighted by molar-refractivity contribution is 7.92. The lowest BCUT2D eigenvalue weighted by molar-refractivity contribution is -0.135. The molecule has 152 valence electrons. The Morgan fingerprint density at radius 1 is 0.966 bits per heavy atom. The predicted molar refractivity (Wildman–Crippen MR) is 115 cm³/mol. The SMILES string of the molecule is Cc1cccc(C2(C(=O)N3CCN(S(=O)(=O)/C=C/c4ccccc4)CC3)CC2)c1. The van der Waals surface area contributed by atoms with Gasteiger partial charge in [-0.1, -0.05) is 60.2 Å². The van der Waals surface area contributed by atoms with Crippen LogP contribution in [0.25, 0.3) is 6.08 Å². The van der Waals surface area contributed by atoms with Gasteiger partial charge in [-0.05, 0) is 37.0 Å². The molecule has 0 aromatic heterocycles. The first-order chi connectivity index (χ1) is 13.9. The smallest absolute Gasteiger partial charge is 0.236 e. The zero-order valence-corrected chi connectivity index (χ0v) is 17.4. The third-order valence-corrected chi connectivity index (χ3v) is 7.41. The molecule has 6 heteroatoms. The van der Waals surface area contributed by atoms with E-state index in [1.807, 2.05) is 60.4 Å². The first kappa shape index (κ1) is 19.9. The Kier molecular flexibility index (Phi) is 5.32. The van der Waals surface area contributed by atoms with Gasteiger partial charge in [0.15, 0.2) is 0 Å². The van der Waals surface area contributed by atoms with Gasteiger partial charge < -0.3 is 4.90 Å². The number of hydrogen-bond acceptors (Lipinski definition) is 3. The number of amides is 1. The second-order valence-electron chi connectivity index (χ2n) is 7.90.